The summed E-state index contributed by atoms with van der Waals surface area (Å²) in [5, 5.41) is 8.64. The van der Waals surface area contributed by atoms with Crippen LogP contribution in [0.25, 0.3) is 0 Å². The van der Waals surface area contributed by atoms with E-state index < -0.39 is 9.84 Å². The second-order valence-corrected chi connectivity index (χ2v) is 8.48. The maximum Gasteiger partial charge on any atom is 0.157 e. The standard InChI is InChI=1S/C13H16N2O2S2/c1-9(10-5-3-2-4-6-10)15-11-7-19(16,17)8-12(11)18-13(15)14/h2-6,9,11-12,14H,7-8H2,1H3. The number of fused-ring (bicyclic) bond motifs is 1. The minimum atomic E-state index is -2.94. The molecule has 0 radical (unpaired) electrons. The van der Waals surface area contributed by atoms with Crippen molar-refractivity contribution >= 4 is 26.8 Å². The summed E-state index contributed by atoms with van der Waals surface area (Å²) in [6.45, 7) is 2.04. The van der Waals surface area contributed by atoms with Gasteiger partial charge in [-0.3, -0.25) is 5.41 Å². The number of nitrogens with zero attached hydrogens (tertiary/aromatic N) is 1. The van der Waals surface area contributed by atoms with Gasteiger partial charge in [-0.15, -0.1) is 0 Å². The molecule has 4 nitrogen and oxygen atoms in total. The molecule has 102 valence electrons. The maximum absolute atomic E-state index is 11.7. The van der Waals surface area contributed by atoms with Gasteiger partial charge in [0.2, 0.25) is 0 Å². The van der Waals surface area contributed by atoms with Crippen molar-refractivity contribution in [2.45, 2.75) is 24.3 Å². The van der Waals surface area contributed by atoms with Crippen molar-refractivity contribution < 1.29 is 8.42 Å². The predicted molar refractivity (Wildman–Crippen MR) is 78.2 cm³/mol. The first-order chi connectivity index (χ1) is 8.98. The van der Waals surface area contributed by atoms with E-state index >= 15 is 0 Å². The van der Waals surface area contributed by atoms with E-state index in [1.165, 1.54) is 11.8 Å². The van der Waals surface area contributed by atoms with Gasteiger partial charge < -0.3 is 4.90 Å². The van der Waals surface area contributed by atoms with Gasteiger partial charge in [0.05, 0.1) is 23.6 Å². The summed E-state index contributed by atoms with van der Waals surface area (Å²) in [6, 6.07) is 9.97. The van der Waals surface area contributed by atoms with E-state index in [-0.39, 0.29) is 28.8 Å². The molecule has 0 aromatic heterocycles. The molecule has 1 N–H and O–H groups in total. The molecule has 6 heteroatoms. The minimum absolute atomic E-state index is 0.0312. The third kappa shape index (κ3) is 2.27. The zero-order valence-electron chi connectivity index (χ0n) is 10.6. The second kappa shape index (κ2) is 4.52. The third-order valence-electron chi connectivity index (χ3n) is 3.83. The van der Waals surface area contributed by atoms with Gasteiger partial charge in [-0.05, 0) is 12.5 Å². The lowest BCUT2D eigenvalue weighted by atomic mass is 10.1. The molecule has 2 heterocycles. The number of hydrogen-bond donors (Lipinski definition) is 1. The van der Waals surface area contributed by atoms with Crippen LogP contribution in [0.5, 0.6) is 0 Å². The van der Waals surface area contributed by atoms with Gasteiger partial charge in [0.15, 0.2) is 15.0 Å². The smallest absolute Gasteiger partial charge is 0.157 e. The Morgan fingerprint density at radius 2 is 2.00 bits per heavy atom. The lowest BCUT2D eigenvalue weighted by Crippen LogP contribution is -2.38. The highest BCUT2D eigenvalue weighted by atomic mass is 32.2. The molecule has 1 aromatic carbocycles. The highest BCUT2D eigenvalue weighted by Gasteiger charge is 2.49. The lowest BCUT2D eigenvalue weighted by Gasteiger charge is -2.30. The zero-order valence-corrected chi connectivity index (χ0v) is 12.2. The van der Waals surface area contributed by atoms with Crippen LogP contribution in [0.15, 0.2) is 30.3 Å². The van der Waals surface area contributed by atoms with Crippen LogP contribution in [0.4, 0.5) is 0 Å². The molecule has 0 saturated carbocycles. The average molecular weight is 296 g/mol. The van der Waals surface area contributed by atoms with Gasteiger partial charge in [0.1, 0.15) is 0 Å². The molecule has 0 aliphatic carbocycles. The molecule has 2 aliphatic rings. The van der Waals surface area contributed by atoms with Crippen LogP contribution in [0.2, 0.25) is 0 Å². The number of hydrogen-bond acceptors (Lipinski definition) is 4. The average Bonchev–Trinajstić information content (AvgIpc) is 2.79. The van der Waals surface area contributed by atoms with E-state index in [4.69, 9.17) is 5.41 Å². The summed E-state index contributed by atoms with van der Waals surface area (Å²) in [7, 11) is -2.94. The number of thioether (sulfide) groups is 1. The number of nitrogens with one attached hydrogen (secondary N) is 1. The van der Waals surface area contributed by atoms with Gasteiger partial charge >= 0.3 is 0 Å². The van der Waals surface area contributed by atoms with Crippen LogP contribution in [-0.4, -0.2) is 41.3 Å². The largest absolute Gasteiger partial charge is 0.340 e. The Hall–Kier alpha value is -1.01. The Bertz CT molecular complexity index is 600. The van der Waals surface area contributed by atoms with E-state index in [0.29, 0.717) is 5.17 Å². The molecule has 19 heavy (non-hydrogen) atoms. The summed E-state index contributed by atoms with van der Waals surface area (Å²) in [4.78, 5) is 1.97. The van der Waals surface area contributed by atoms with Crippen LogP contribution in [0.1, 0.15) is 18.5 Å². The summed E-state index contributed by atoms with van der Waals surface area (Å²) in [5.41, 5.74) is 1.12. The quantitative estimate of drug-likeness (QED) is 0.905. The normalized spacial score (nSPS) is 30.4. The molecule has 0 spiro atoms. The third-order valence-corrected chi connectivity index (χ3v) is 6.97. The molecule has 0 amide bonds. The number of sulfone groups is 1. The summed E-state index contributed by atoms with van der Waals surface area (Å²) in [6.07, 6.45) is 0. The Kier molecular flexibility index (Phi) is 3.09. The highest BCUT2D eigenvalue weighted by molar-refractivity contribution is 8.15. The first-order valence-corrected chi connectivity index (χ1v) is 8.97. The van der Waals surface area contributed by atoms with E-state index in [1.807, 2.05) is 42.2 Å². The lowest BCUT2D eigenvalue weighted by molar-refractivity contribution is 0.287. The van der Waals surface area contributed by atoms with E-state index in [2.05, 4.69) is 0 Å². The number of rotatable bonds is 2. The van der Waals surface area contributed by atoms with Crippen molar-refractivity contribution in [3.05, 3.63) is 35.9 Å². The Balaban J connectivity index is 1.90. The fourth-order valence-corrected chi connectivity index (χ4v) is 6.75. The Morgan fingerprint density at radius 3 is 2.68 bits per heavy atom. The molecule has 2 fully saturated rings. The first kappa shape index (κ1) is 13.0. The summed E-state index contributed by atoms with van der Waals surface area (Å²) in [5.74, 6) is 0.396. The van der Waals surface area contributed by atoms with Crippen LogP contribution >= 0.6 is 11.8 Å². The molecular weight excluding hydrogens is 280 g/mol. The molecular formula is C13H16N2O2S2. The topological polar surface area (TPSA) is 61.2 Å². The van der Waals surface area contributed by atoms with Crippen molar-refractivity contribution in [3.8, 4) is 0 Å². The fourth-order valence-electron chi connectivity index (χ4n) is 2.88. The van der Waals surface area contributed by atoms with E-state index in [1.54, 1.807) is 0 Å². The van der Waals surface area contributed by atoms with Gasteiger partial charge in [-0.2, -0.15) is 0 Å². The van der Waals surface area contributed by atoms with Crippen molar-refractivity contribution in [1.29, 1.82) is 5.41 Å². The molecule has 3 rings (SSSR count). The van der Waals surface area contributed by atoms with Crippen LogP contribution in [-0.2, 0) is 9.84 Å². The van der Waals surface area contributed by atoms with Crippen LogP contribution in [0, 0.1) is 5.41 Å². The number of amidine groups is 1. The predicted octanol–water partition coefficient (Wildman–Crippen LogP) is 1.90. The first-order valence-electron chi connectivity index (χ1n) is 6.27. The van der Waals surface area contributed by atoms with E-state index in [0.717, 1.165) is 5.56 Å². The van der Waals surface area contributed by atoms with Crippen LogP contribution < -0.4 is 0 Å². The van der Waals surface area contributed by atoms with Gasteiger partial charge in [0.25, 0.3) is 0 Å². The SMILES string of the molecule is CC(c1ccccc1)N1C(=N)SC2CS(=O)(=O)CC21. The highest BCUT2D eigenvalue weighted by Crippen LogP contribution is 2.41. The summed E-state index contributed by atoms with van der Waals surface area (Å²) >= 11 is 1.40. The van der Waals surface area contributed by atoms with Gasteiger partial charge in [-0.25, -0.2) is 8.42 Å². The van der Waals surface area contributed by atoms with E-state index in [9.17, 15) is 8.42 Å². The molecule has 2 saturated heterocycles. The monoisotopic (exact) mass is 296 g/mol. The maximum atomic E-state index is 11.7. The molecule has 0 bridgehead atoms. The number of benzene rings is 1. The second-order valence-electron chi connectivity index (χ2n) is 5.10. The van der Waals surface area contributed by atoms with Gasteiger partial charge in [0, 0.05) is 5.25 Å². The summed E-state index contributed by atoms with van der Waals surface area (Å²) < 4.78 is 23.5. The Morgan fingerprint density at radius 1 is 1.32 bits per heavy atom. The van der Waals surface area contributed by atoms with Crippen molar-refractivity contribution in [1.82, 2.24) is 4.90 Å². The zero-order chi connectivity index (χ0) is 13.6. The Labute approximate surface area is 117 Å². The molecule has 1 aromatic rings. The van der Waals surface area contributed by atoms with Crippen molar-refractivity contribution in [2.24, 2.45) is 0 Å². The van der Waals surface area contributed by atoms with Crippen LogP contribution in [0.3, 0.4) is 0 Å². The molecule has 2 aliphatic heterocycles. The fraction of sp³-hybridized carbons (Fsp3) is 0.462. The molecule has 3 atom stereocenters. The van der Waals surface area contributed by atoms with Gasteiger partial charge in [-0.1, -0.05) is 42.1 Å². The van der Waals surface area contributed by atoms with Crippen molar-refractivity contribution in [2.75, 3.05) is 11.5 Å². The molecule has 3 unspecified atom stereocenters. The minimum Gasteiger partial charge on any atom is -0.340 e. The van der Waals surface area contributed by atoms with Crippen molar-refractivity contribution in [3.63, 3.8) is 0 Å².